The highest BCUT2D eigenvalue weighted by Gasteiger charge is 2.32. The van der Waals surface area contributed by atoms with E-state index in [-0.39, 0.29) is 5.57 Å². The lowest BCUT2D eigenvalue weighted by Gasteiger charge is -2.19. The minimum atomic E-state index is -1.25. The first kappa shape index (κ1) is 10.4. The Hall–Kier alpha value is -2.17. The molecule has 2 rings (SSSR count). The van der Waals surface area contributed by atoms with Crippen LogP contribution in [0.4, 0.5) is 0 Å². The quantitative estimate of drug-likeness (QED) is 0.693. The van der Waals surface area contributed by atoms with E-state index in [1.54, 1.807) is 18.2 Å². The molecule has 0 spiro atoms. The summed E-state index contributed by atoms with van der Waals surface area (Å²) in [5, 5.41) is 8.77. The highest BCUT2D eigenvalue weighted by Crippen LogP contribution is 2.22. The molecular weight excluding hydrogens is 210 g/mol. The van der Waals surface area contributed by atoms with E-state index in [9.17, 15) is 9.59 Å². The standard InChI is InChI=1S/C11H9NO4/c1-16-6-2-3-7-9(4-6)12-5-8(10(7)13)11(14)15/h2-5,7H,1H3,(H,14,15). The zero-order valence-electron chi connectivity index (χ0n) is 8.51. The van der Waals surface area contributed by atoms with Crippen molar-refractivity contribution in [1.82, 2.24) is 0 Å². The maximum Gasteiger partial charge on any atom is 0.340 e. The summed E-state index contributed by atoms with van der Waals surface area (Å²) in [6, 6.07) is 0. The second kappa shape index (κ2) is 3.77. The molecule has 1 heterocycles. The Labute approximate surface area is 91.4 Å². The number of hydrogen-bond acceptors (Lipinski definition) is 4. The molecule has 0 aromatic carbocycles. The monoisotopic (exact) mass is 219 g/mol. The second-order valence-corrected chi connectivity index (χ2v) is 3.35. The topological polar surface area (TPSA) is 76.0 Å². The molecule has 1 atom stereocenters. The summed E-state index contributed by atoms with van der Waals surface area (Å²) in [5.74, 6) is -1.70. The molecule has 2 aliphatic rings. The second-order valence-electron chi connectivity index (χ2n) is 3.35. The van der Waals surface area contributed by atoms with Crippen LogP contribution in [0, 0.1) is 5.92 Å². The van der Waals surface area contributed by atoms with Crippen LogP contribution >= 0.6 is 0 Å². The van der Waals surface area contributed by atoms with Gasteiger partial charge in [0.1, 0.15) is 11.3 Å². The molecule has 0 fully saturated rings. The predicted molar refractivity (Wildman–Crippen MR) is 55.9 cm³/mol. The Bertz CT molecular complexity index is 482. The molecule has 1 aliphatic carbocycles. The van der Waals surface area contributed by atoms with Crippen molar-refractivity contribution in [3.8, 4) is 0 Å². The lowest BCUT2D eigenvalue weighted by Crippen LogP contribution is -2.30. The fourth-order valence-corrected chi connectivity index (χ4v) is 1.57. The van der Waals surface area contributed by atoms with Gasteiger partial charge in [0.15, 0.2) is 5.78 Å². The smallest absolute Gasteiger partial charge is 0.340 e. The Morgan fingerprint density at radius 2 is 2.31 bits per heavy atom. The number of Topliss-reactive ketones (excluding diaryl/α,β-unsaturated/α-hetero) is 1. The Morgan fingerprint density at radius 3 is 2.94 bits per heavy atom. The molecule has 0 bridgehead atoms. The van der Waals surface area contributed by atoms with E-state index in [4.69, 9.17) is 9.84 Å². The van der Waals surface area contributed by atoms with Crippen molar-refractivity contribution in [1.29, 1.82) is 0 Å². The molecule has 0 aromatic heterocycles. The molecule has 0 aromatic rings. The van der Waals surface area contributed by atoms with Crippen molar-refractivity contribution in [2.75, 3.05) is 7.11 Å². The van der Waals surface area contributed by atoms with Gasteiger partial charge in [0.2, 0.25) is 0 Å². The Morgan fingerprint density at radius 1 is 1.56 bits per heavy atom. The van der Waals surface area contributed by atoms with Crippen LogP contribution in [0.5, 0.6) is 0 Å². The summed E-state index contributed by atoms with van der Waals surface area (Å²) >= 11 is 0. The minimum Gasteiger partial charge on any atom is -0.497 e. The number of carbonyl (C=O) groups excluding carboxylic acids is 1. The summed E-state index contributed by atoms with van der Waals surface area (Å²) in [6.45, 7) is 0. The van der Waals surface area contributed by atoms with E-state index in [2.05, 4.69) is 4.99 Å². The van der Waals surface area contributed by atoms with Gasteiger partial charge in [0.05, 0.1) is 18.7 Å². The van der Waals surface area contributed by atoms with Gasteiger partial charge < -0.3 is 9.84 Å². The normalized spacial score (nSPS) is 22.9. The molecule has 82 valence electrons. The van der Waals surface area contributed by atoms with Gasteiger partial charge in [-0.25, -0.2) is 4.79 Å². The van der Waals surface area contributed by atoms with Crippen molar-refractivity contribution < 1.29 is 19.4 Å². The molecule has 1 unspecified atom stereocenters. The number of hydrogen-bond donors (Lipinski definition) is 1. The number of nitrogens with zero attached hydrogens (tertiary/aromatic N) is 1. The lowest BCUT2D eigenvalue weighted by atomic mass is 9.88. The third kappa shape index (κ3) is 1.56. The number of allylic oxidation sites excluding steroid dienone is 3. The van der Waals surface area contributed by atoms with E-state index >= 15 is 0 Å². The molecule has 5 nitrogen and oxygen atoms in total. The molecule has 0 saturated heterocycles. The fraction of sp³-hybridized carbons (Fsp3) is 0.182. The lowest BCUT2D eigenvalue weighted by molar-refractivity contribution is -0.134. The molecule has 1 aliphatic heterocycles. The third-order valence-electron chi connectivity index (χ3n) is 2.42. The molecule has 0 saturated carbocycles. The van der Waals surface area contributed by atoms with Crippen LogP contribution in [0.1, 0.15) is 0 Å². The largest absolute Gasteiger partial charge is 0.497 e. The first-order valence-electron chi connectivity index (χ1n) is 4.62. The number of carbonyl (C=O) groups is 2. The van der Waals surface area contributed by atoms with Crippen molar-refractivity contribution >= 4 is 17.5 Å². The molecular formula is C11H9NO4. The van der Waals surface area contributed by atoms with E-state index < -0.39 is 17.7 Å². The molecule has 0 amide bonds. The van der Waals surface area contributed by atoms with Crippen molar-refractivity contribution in [2.45, 2.75) is 0 Å². The van der Waals surface area contributed by atoms with Gasteiger partial charge in [-0.2, -0.15) is 0 Å². The average molecular weight is 219 g/mol. The summed E-state index contributed by atoms with van der Waals surface area (Å²) in [4.78, 5) is 26.4. The van der Waals surface area contributed by atoms with Crippen LogP contribution in [-0.4, -0.2) is 29.7 Å². The Kier molecular flexibility index (Phi) is 2.44. The van der Waals surface area contributed by atoms with Gasteiger partial charge in [-0.05, 0) is 6.08 Å². The summed E-state index contributed by atoms with van der Waals surface area (Å²) in [7, 11) is 1.51. The maximum atomic E-state index is 11.7. The molecule has 1 N–H and O–H groups in total. The number of carboxylic acids is 1. The predicted octanol–water partition coefficient (Wildman–Crippen LogP) is 0.695. The molecule has 16 heavy (non-hydrogen) atoms. The number of rotatable bonds is 2. The van der Waals surface area contributed by atoms with E-state index in [0.717, 1.165) is 6.20 Å². The summed E-state index contributed by atoms with van der Waals surface area (Å²) < 4.78 is 4.99. The summed E-state index contributed by atoms with van der Waals surface area (Å²) in [6.07, 6.45) is 5.93. The van der Waals surface area contributed by atoms with Crippen LogP contribution in [0.25, 0.3) is 0 Å². The number of methoxy groups -OCH3 is 1. The van der Waals surface area contributed by atoms with Crippen LogP contribution in [0.15, 0.2) is 40.8 Å². The summed E-state index contributed by atoms with van der Waals surface area (Å²) in [5.41, 5.74) is 0.224. The maximum absolute atomic E-state index is 11.7. The number of carboxylic acid groups (broad SMARTS) is 1. The van der Waals surface area contributed by atoms with Gasteiger partial charge in [0.25, 0.3) is 0 Å². The number of ether oxygens (including phenoxy) is 1. The van der Waals surface area contributed by atoms with E-state index in [1.165, 1.54) is 7.11 Å². The number of ketones is 1. The van der Waals surface area contributed by atoms with Crippen LogP contribution < -0.4 is 0 Å². The van der Waals surface area contributed by atoms with Gasteiger partial charge >= 0.3 is 5.97 Å². The average Bonchev–Trinajstić information content (AvgIpc) is 2.28. The SMILES string of the molecule is COC1=CC2=NC=C(C(=O)O)C(=O)C2C=C1. The molecule has 0 radical (unpaired) electrons. The number of aliphatic carboxylic acids is 1. The highest BCUT2D eigenvalue weighted by atomic mass is 16.5. The van der Waals surface area contributed by atoms with Crippen LogP contribution in [-0.2, 0) is 14.3 Å². The van der Waals surface area contributed by atoms with E-state index in [0.29, 0.717) is 11.5 Å². The first-order chi connectivity index (χ1) is 7.63. The number of aliphatic imine (C=N–C) groups is 1. The zero-order chi connectivity index (χ0) is 11.7. The van der Waals surface area contributed by atoms with Crippen LogP contribution in [0.3, 0.4) is 0 Å². The number of fused-ring (bicyclic) bond motifs is 1. The van der Waals surface area contributed by atoms with Crippen molar-refractivity contribution in [3.63, 3.8) is 0 Å². The fourth-order valence-electron chi connectivity index (χ4n) is 1.57. The van der Waals surface area contributed by atoms with E-state index in [1.807, 2.05) is 0 Å². The highest BCUT2D eigenvalue weighted by molar-refractivity contribution is 6.28. The van der Waals surface area contributed by atoms with Crippen LogP contribution in [0.2, 0.25) is 0 Å². The van der Waals surface area contributed by atoms with Crippen molar-refractivity contribution in [2.24, 2.45) is 10.9 Å². The van der Waals surface area contributed by atoms with Gasteiger partial charge in [-0.3, -0.25) is 9.79 Å². The van der Waals surface area contributed by atoms with Crippen molar-refractivity contribution in [3.05, 3.63) is 35.8 Å². The van der Waals surface area contributed by atoms with Gasteiger partial charge in [-0.15, -0.1) is 0 Å². The first-order valence-corrected chi connectivity index (χ1v) is 4.62. The Balaban J connectivity index is 2.40. The third-order valence-corrected chi connectivity index (χ3v) is 2.42. The van der Waals surface area contributed by atoms with Gasteiger partial charge in [-0.1, -0.05) is 6.08 Å². The minimum absolute atomic E-state index is 0.285. The zero-order valence-corrected chi connectivity index (χ0v) is 8.51. The molecule has 5 heteroatoms. The van der Waals surface area contributed by atoms with Gasteiger partial charge in [0, 0.05) is 12.3 Å².